The lowest BCUT2D eigenvalue weighted by Crippen LogP contribution is -2.01. The number of carboxylic acids is 3. The molecular weight excluding hydrogens is 264 g/mol. The molecule has 0 atom stereocenters. The van der Waals surface area contributed by atoms with Gasteiger partial charge < -0.3 is 25.2 Å². The molecule has 0 aliphatic carbocycles. The highest BCUT2D eigenvalue weighted by molar-refractivity contribution is 5.69. The third kappa shape index (κ3) is 376. The Morgan fingerprint density at radius 2 is 1.05 bits per heavy atom. The lowest BCUT2D eigenvalue weighted by Gasteiger charge is -1.90. The smallest absolute Gasteiger partial charge is 0.307 e. The van der Waals surface area contributed by atoms with E-state index in [1.165, 1.54) is 7.11 Å². The summed E-state index contributed by atoms with van der Waals surface area (Å²) in [7, 11) is 1.29. The van der Waals surface area contributed by atoms with Gasteiger partial charge in [0, 0.05) is 20.8 Å². The number of carboxylic acid groups (broad SMARTS) is 3. The van der Waals surface area contributed by atoms with Gasteiger partial charge in [0.15, 0.2) is 0 Å². The number of ether oxygens (including phenoxy) is 1. The van der Waals surface area contributed by atoms with Gasteiger partial charge in [0.1, 0.15) is 0 Å². The van der Waals surface area contributed by atoms with Gasteiger partial charge in [-0.1, -0.05) is 0 Å². The molecule has 0 saturated carbocycles. The van der Waals surface area contributed by atoms with E-state index in [1.807, 2.05) is 0 Å². The summed E-state index contributed by atoms with van der Waals surface area (Å²) in [6, 6.07) is 0. The van der Waals surface area contributed by atoms with E-state index in [1.54, 1.807) is 0 Å². The van der Waals surface area contributed by atoms with E-state index in [0.29, 0.717) is 0 Å². The van der Waals surface area contributed by atoms with Crippen LogP contribution in [0.15, 0.2) is 0 Å². The van der Waals surface area contributed by atoms with Crippen LogP contribution < -0.4 is 0 Å². The monoisotopic (exact) mass is 284 g/mol. The van der Waals surface area contributed by atoms with Crippen LogP contribution in [0.5, 0.6) is 0 Å². The van der Waals surface area contributed by atoms with Crippen molar-refractivity contribution in [3.05, 3.63) is 0 Å². The fourth-order valence-electron chi connectivity index (χ4n) is 0.193. The Bertz CT molecular complexity index is 219. The number of aliphatic hydroxyl groups excluding tert-OH is 1. The minimum Gasteiger partial charge on any atom is -0.481 e. The molecule has 0 fully saturated rings. The molecule has 0 aromatic rings. The van der Waals surface area contributed by atoms with Crippen molar-refractivity contribution in [3.8, 4) is 0 Å². The van der Waals surface area contributed by atoms with Crippen molar-refractivity contribution < 1.29 is 44.3 Å². The molecule has 9 heteroatoms. The van der Waals surface area contributed by atoms with Crippen molar-refractivity contribution in [2.45, 2.75) is 27.2 Å². The van der Waals surface area contributed by atoms with E-state index >= 15 is 0 Å². The first-order chi connectivity index (χ1) is 8.50. The Labute approximate surface area is 110 Å². The number of aliphatic hydroxyl groups is 1. The van der Waals surface area contributed by atoms with Gasteiger partial charge in [0.2, 0.25) is 0 Å². The first kappa shape index (κ1) is 25.6. The first-order valence-electron chi connectivity index (χ1n) is 4.77. The van der Waals surface area contributed by atoms with Gasteiger partial charge in [-0.25, -0.2) is 0 Å². The van der Waals surface area contributed by atoms with Gasteiger partial charge in [0.25, 0.3) is 17.9 Å². The number of rotatable bonds is 2. The summed E-state index contributed by atoms with van der Waals surface area (Å²) >= 11 is 0. The van der Waals surface area contributed by atoms with Crippen LogP contribution >= 0.6 is 0 Å². The van der Waals surface area contributed by atoms with Crippen LogP contribution in [0, 0.1) is 0 Å². The van der Waals surface area contributed by atoms with Gasteiger partial charge in [-0.2, -0.15) is 0 Å². The number of aliphatic carboxylic acids is 3. The molecule has 0 heterocycles. The van der Waals surface area contributed by atoms with Crippen molar-refractivity contribution in [2.75, 3.05) is 13.7 Å². The third-order valence-corrected chi connectivity index (χ3v) is 0.544. The largest absolute Gasteiger partial charge is 0.481 e. The molecular formula is C10H20O9. The molecule has 19 heavy (non-hydrogen) atoms. The highest BCUT2D eigenvalue weighted by atomic mass is 16.5. The van der Waals surface area contributed by atoms with Crippen molar-refractivity contribution in [1.29, 1.82) is 0 Å². The second-order valence-corrected chi connectivity index (χ2v) is 2.61. The maximum absolute atomic E-state index is 10.0. The minimum atomic E-state index is -0.833. The Kier molecular flexibility index (Phi) is 28.5. The number of esters is 1. The maximum atomic E-state index is 10.0. The van der Waals surface area contributed by atoms with Crippen LogP contribution in [0.1, 0.15) is 27.2 Å². The number of carbonyl (C=O) groups is 4. The SMILES string of the molecule is CC(=O)O.CC(=O)O.CC(=O)O.COC(=O)CCO. The number of methoxy groups -OCH3 is 1. The quantitative estimate of drug-likeness (QED) is 0.504. The number of carbonyl (C=O) groups excluding carboxylic acids is 1. The normalized spacial score (nSPS) is 7.00. The van der Waals surface area contributed by atoms with Gasteiger partial charge >= 0.3 is 5.97 Å². The number of hydrogen-bond acceptors (Lipinski definition) is 6. The van der Waals surface area contributed by atoms with Gasteiger partial charge in [-0.3, -0.25) is 19.2 Å². The van der Waals surface area contributed by atoms with E-state index in [4.69, 9.17) is 34.8 Å². The summed E-state index contributed by atoms with van der Waals surface area (Å²) in [6.07, 6.45) is 0.0938. The lowest BCUT2D eigenvalue weighted by atomic mass is 10.5. The van der Waals surface area contributed by atoms with E-state index in [2.05, 4.69) is 4.74 Å². The predicted molar refractivity (Wildman–Crippen MR) is 63.6 cm³/mol. The molecule has 0 aromatic heterocycles. The zero-order valence-electron chi connectivity index (χ0n) is 11.2. The van der Waals surface area contributed by atoms with Crippen LogP contribution in [0.25, 0.3) is 0 Å². The Morgan fingerprint density at radius 1 is 0.842 bits per heavy atom. The van der Waals surface area contributed by atoms with Crippen molar-refractivity contribution in [1.82, 2.24) is 0 Å². The topological polar surface area (TPSA) is 158 Å². The standard InChI is InChI=1S/C4H8O3.3C2H4O2/c1-7-4(6)2-3-5;3*1-2(3)4/h5H,2-3H2,1H3;3*1H3,(H,3,4). The Balaban J connectivity index is -0.0000000825. The predicted octanol–water partition coefficient (Wildman–Crippen LogP) is -0.185. The summed E-state index contributed by atoms with van der Waals surface area (Å²) in [6.45, 7) is 3.12. The van der Waals surface area contributed by atoms with Crippen LogP contribution in [-0.2, 0) is 23.9 Å². The highest BCUT2D eigenvalue weighted by Gasteiger charge is 1.93. The van der Waals surface area contributed by atoms with Crippen molar-refractivity contribution in [2.24, 2.45) is 0 Å². The molecule has 9 nitrogen and oxygen atoms in total. The van der Waals surface area contributed by atoms with Crippen LogP contribution in [0.4, 0.5) is 0 Å². The summed E-state index contributed by atoms with van der Waals surface area (Å²) in [5.74, 6) is -2.87. The van der Waals surface area contributed by atoms with E-state index in [0.717, 1.165) is 20.8 Å². The van der Waals surface area contributed by atoms with Gasteiger partial charge in [-0.15, -0.1) is 0 Å². The van der Waals surface area contributed by atoms with Crippen LogP contribution in [-0.4, -0.2) is 58.0 Å². The van der Waals surface area contributed by atoms with Gasteiger partial charge in [0.05, 0.1) is 20.1 Å². The third-order valence-electron chi connectivity index (χ3n) is 0.544. The van der Waals surface area contributed by atoms with Crippen LogP contribution in [0.3, 0.4) is 0 Å². The summed E-state index contributed by atoms with van der Waals surface area (Å²) in [5, 5.41) is 30.3. The molecule has 0 aromatic carbocycles. The summed E-state index contributed by atoms with van der Waals surface area (Å²) in [4.78, 5) is 37.0. The highest BCUT2D eigenvalue weighted by Crippen LogP contribution is 1.78. The Morgan fingerprint density at radius 3 is 1.11 bits per heavy atom. The second-order valence-electron chi connectivity index (χ2n) is 2.61. The van der Waals surface area contributed by atoms with Gasteiger partial charge in [-0.05, 0) is 0 Å². The molecule has 0 saturated heterocycles. The molecule has 0 aliphatic rings. The molecule has 4 N–H and O–H groups in total. The average molecular weight is 284 g/mol. The maximum Gasteiger partial charge on any atom is 0.307 e. The van der Waals surface area contributed by atoms with E-state index in [-0.39, 0.29) is 19.0 Å². The zero-order valence-corrected chi connectivity index (χ0v) is 11.2. The molecule has 0 bridgehead atoms. The molecule has 114 valence electrons. The Hall–Kier alpha value is -2.16. The lowest BCUT2D eigenvalue weighted by molar-refractivity contribution is -0.141. The number of hydrogen-bond donors (Lipinski definition) is 4. The summed E-state index contributed by atoms with van der Waals surface area (Å²) in [5.41, 5.74) is 0. The second kappa shape index (κ2) is 21.2. The first-order valence-corrected chi connectivity index (χ1v) is 4.77. The molecule has 0 amide bonds. The van der Waals surface area contributed by atoms with E-state index < -0.39 is 17.9 Å². The average Bonchev–Trinajstić information content (AvgIpc) is 2.15. The molecule has 0 unspecified atom stereocenters. The molecule has 0 radical (unpaired) electrons. The molecule has 0 spiro atoms. The van der Waals surface area contributed by atoms with Crippen molar-refractivity contribution in [3.63, 3.8) is 0 Å². The molecule has 0 rings (SSSR count). The fourth-order valence-corrected chi connectivity index (χ4v) is 0.193. The minimum absolute atomic E-state index is 0.0938. The summed E-state index contributed by atoms with van der Waals surface area (Å²) < 4.78 is 4.19. The van der Waals surface area contributed by atoms with Crippen molar-refractivity contribution >= 4 is 23.9 Å². The van der Waals surface area contributed by atoms with Crippen LogP contribution in [0.2, 0.25) is 0 Å². The van der Waals surface area contributed by atoms with E-state index in [9.17, 15) is 4.79 Å². The fraction of sp³-hybridized carbons (Fsp3) is 0.600. The molecule has 0 aliphatic heterocycles. The zero-order chi connectivity index (χ0) is 16.4.